The number of alkyl carbamates (subject to hydrolysis) is 1. The van der Waals surface area contributed by atoms with Crippen molar-refractivity contribution in [1.29, 1.82) is 0 Å². The summed E-state index contributed by atoms with van der Waals surface area (Å²) in [6.07, 6.45) is 2.86. The van der Waals surface area contributed by atoms with Crippen molar-refractivity contribution in [2.24, 2.45) is 11.8 Å². The van der Waals surface area contributed by atoms with Gasteiger partial charge in [-0.2, -0.15) is 0 Å². The van der Waals surface area contributed by atoms with Crippen LogP contribution in [0.3, 0.4) is 0 Å². The number of hydrogen-bond donors (Lipinski definition) is 4. The van der Waals surface area contributed by atoms with Crippen molar-refractivity contribution in [1.82, 2.24) is 20.9 Å². The number of fused-ring (bicyclic) bond motifs is 1. The lowest BCUT2D eigenvalue weighted by molar-refractivity contribution is -0.131. The van der Waals surface area contributed by atoms with E-state index in [9.17, 15) is 19.2 Å². The summed E-state index contributed by atoms with van der Waals surface area (Å²) >= 11 is 0. The van der Waals surface area contributed by atoms with E-state index in [1.807, 2.05) is 88.5 Å². The van der Waals surface area contributed by atoms with E-state index in [1.54, 1.807) is 0 Å². The molecule has 0 saturated heterocycles. The first-order chi connectivity index (χ1) is 19.2. The van der Waals surface area contributed by atoms with Gasteiger partial charge in [0.15, 0.2) is 0 Å². The van der Waals surface area contributed by atoms with Gasteiger partial charge in [0.1, 0.15) is 25.0 Å². The molecule has 3 aromatic rings. The lowest BCUT2D eigenvalue weighted by Gasteiger charge is -2.26. The maximum atomic E-state index is 13.3. The Labute approximate surface area is 235 Å². The highest BCUT2D eigenvalue weighted by molar-refractivity contribution is 5.92. The Balaban J connectivity index is 1.65. The average Bonchev–Trinajstić information content (AvgIpc) is 3.33. The molecule has 0 saturated carbocycles. The Kier molecular flexibility index (Phi) is 11.3. The second-order valence-corrected chi connectivity index (χ2v) is 10.9. The monoisotopic (exact) mass is 548 g/mol. The Morgan fingerprint density at radius 3 is 2.08 bits per heavy atom. The van der Waals surface area contributed by atoms with Crippen LogP contribution < -0.4 is 16.0 Å². The molecule has 1 heterocycles. The lowest BCUT2D eigenvalue weighted by atomic mass is 9.99. The molecule has 1 aromatic heterocycles. The molecule has 0 aliphatic rings. The molecule has 0 spiro atoms. The third kappa shape index (κ3) is 9.25. The van der Waals surface area contributed by atoms with Crippen molar-refractivity contribution < 1.29 is 23.9 Å². The Morgan fingerprint density at radius 1 is 0.825 bits per heavy atom. The largest absolute Gasteiger partial charge is 0.445 e. The van der Waals surface area contributed by atoms with Gasteiger partial charge < -0.3 is 30.5 Å². The number of carbonyl (C=O) groups excluding carboxylic acids is 4. The summed E-state index contributed by atoms with van der Waals surface area (Å²) in [7, 11) is 0. The molecular formula is C31H40N4O5. The van der Waals surface area contributed by atoms with Gasteiger partial charge in [0.05, 0.1) is 6.04 Å². The molecule has 0 radical (unpaired) electrons. The molecular weight excluding hydrogens is 508 g/mol. The van der Waals surface area contributed by atoms with Gasteiger partial charge in [-0.3, -0.25) is 9.59 Å². The van der Waals surface area contributed by atoms with Crippen molar-refractivity contribution in [3.63, 3.8) is 0 Å². The summed E-state index contributed by atoms with van der Waals surface area (Å²) in [4.78, 5) is 54.2. The predicted octanol–water partition coefficient (Wildman–Crippen LogP) is 4.27. The number of nitrogens with one attached hydrogen (secondary N) is 4. The fraction of sp³-hybridized carbons (Fsp3) is 0.419. The molecule has 214 valence electrons. The van der Waals surface area contributed by atoms with E-state index < -0.39 is 36.0 Å². The van der Waals surface area contributed by atoms with Crippen molar-refractivity contribution in [2.75, 3.05) is 0 Å². The zero-order chi connectivity index (χ0) is 29.1. The highest BCUT2D eigenvalue weighted by Crippen LogP contribution is 2.19. The number of hydrogen-bond acceptors (Lipinski definition) is 5. The quantitative estimate of drug-likeness (QED) is 0.224. The van der Waals surface area contributed by atoms with Crippen LogP contribution in [0.5, 0.6) is 0 Å². The van der Waals surface area contributed by atoms with Crippen LogP contribution >= 0.6 is 0 Å². The third-order valence-corrected chi connectivity index (χ3v) is 6.48. The van der Waals surface area contributed by atoms with Gasteiger partial charge in [0.25, 0.3) is 0 Å². The van der Waals surface area contributed by atoms with E-state index in [0.717, 1.165) is 22.0 Å². The smallest absolute Gasteiger partial charge is 0.408 e. The van der Waals surface area contributed by atoms with Gasteiger partial charge in [-0.1, -0.05) is 76.2 Å². The van der Waals surface area contributed by atoms with Crippen LogP contribution in [0.2, 0.25) is 0 Å². The van der Waals surface area contributed by atoms with Gasteiger partial charge in [0.2, 0.25) is 11.8 Å². The number of benzene rings is 2. The summed E-state index contributed by atoms with van der Waals surface area (Å²) in [5.74, 6) is -0.746. The van der Waals surface area contributed by atoms with Gasteiger partial charge in [-0.05, 0) is 41.9 Å². The summed E-state index contributed by atoms with van der Waals surface area (Å²) in [6, 6.07) is 14.5. The van der Waals surface area contributed by atoms with E-state index in [2.05, 4.69) is 20.9 Å². The number of amides is 3. The van der Waals surface area contributed by atoms with Crippen molar-refractivity contribution in [3.05, 3.63) is 71.9 Å². The SMILES string of the molecule is CC(C)CC(NC(=O)[C@H](CC(C)C)NC(=O)OCc1ccccc1)C(=O)N[C@H](C=O)Cc1c[nH]c2ccccc12. The van der Waals surface area contributed by atoms with Crippen molar-refractivity contribution >= 4 is 35.1 Å². The molecule has 4 N–H and O–H groups in total. The highest BCUT2D eigenvalue weighted by Gasteiger charge is 2.29. The first-order valence-corrected chi connectivity index (χ1v) is 13.7. The molecule has 2 aromatic carbocycles. The molecule has 3 atom stereocenters. The maximum Gasteiger partial charge on any atom is 0.408 e. The van der Waals surface area contributed by atoms with Gasteiger partial charge >= 0.3 is 6.09 Å². The minimum Gasteiger partial charge on any atom is -0.445 e. The van der Waals surface area contributed by atoms with E-state index in [4.69, 9.17) is 4.74 Å². The topological polar surface area (TPSA) is 129 Å². The summed E-state index contributed by atoms with van der Waals surface area (Å²) in [5, 5.41) is 9.23. The molecule has 0 bridgehead atoms. The zero-order valence-electron chi connectivity index (χ0n) is 23.6. The fourth-order valence-corrected chi connectivity index (χ4v) is 4.54. The van der Waals surface area contributed by atoms with Gasteiger partial charge in [-0.15, -0.1) is 0 Å². The molecule has 40 heavy (non-hydrogen) atoms. The first-order valence-electron chi connectivity index (χ1n) is 13.7. The first kappa shape index (κ1) is 30.4. The number of H-pyrrole nitrogens is 1. The van der Waals surface area contributed by atoms with E-state index in [0.29, 0.717) is 25.5 Å². The molecule has 9 heteroatoms. The number of para-hydroxylation sites is 1. The van der Waals surface area contributed by atoms with E-state index >= 15 is 0 Å². The molecule has 9 nitrogen and oxygen atoms in total. The molecule has 0 aliphatic heterocycles. The number of ether oxygens (including phenoxy) is 1. The van der Waals surface area contributed by atoms with E-state index in [1.165, 1.54) is 0 Å². The normalized spacial score (nSPS) is 13.4. The number of rotatable bonds is 14. The van der Waals surface area contributed by atoms with Crippen LogP contribution in [0.1, 0.15) is 51.7 Å². The zero-order valence-corrected chi connectivity index (χ0v) is 23.6. The van der Waals surface area contributed by atoms with Crippen LogP contribution in [-0.2, 0) is 32.1 Å². The standard InChI is InChI=1S/C31H40N4O5/c1-20(2)14-27(29(37)33-24(18-36)16-23-17-32-26-13-9-8-12-25(23)26)34-30(38)28(15-21(3)4)35-31(39)40-19-22-10-6-5-7-11-22/h5-13,17-18,20-21,24,27-28,32H,14-16,19H2,1-4H3,(H,33,37)(H,34,38)(H,35,39)/t24-,27?,28-/m0/s1. The second-order valence-electron chi connectivity index (χ2n) is 10.9. The molecule has 1 unspecified atom stereocenters. The Morgan fingerprint density at radius 2 is 1.43 bits per heavy atom. The van der Waals surface area contributed by atoms with Crippen LogP contribution in [0.4, 0.5) is 4.79 Å². The van der Waals surface area contributed by atoms with Crippen molar-refractivity contribution in [2.45, 2.75) is 71.7 Å². The third-order valence-electron chi connectivity index (χ3n) is 6.48. The van der Waals surface area contributed by atoms with Gasteiger partial charge in [-0.25, -0.2) is 4.79 Å². The number of carbonyl (C=O) groups is 4. The highest BCUT2D eigenvalue weighted by atomic mass is 16.5. The second kappa shape index (κ2) is 14.9. The fourth-order valence-electron chi connectivity index (χ4n) is 4.54. The summed E-state index contributed by atoms with van der Waals surface area (Å²) in [6.45, 7) is 7.84. The Hall–Kier alpha value is -4.14. The molecule has 3 amide bonds. The molecule has 3 rings (SSSR count). The maximum absolute atomic E-state index is 13.3. The van der Waals surface area contributed by atoms with Crippen molar-refractivity contribution in [3.8, 4) is 0 Å². The average molecular weight is 549 g/mol. The minimum atomic E-state index is -0.890. The summed E-state index contributed by atoms with van der Waals surface area (Å²) in [5.41, 5.74) is 2.69. The lowest BCUT2D eigenvalue weighted by Crippen LogP contribution is -2.55. The minimum absolute atomic E-state index is 0.0740. The molecule has 0 fully saturated rings. The van der Waals surface area contributed by atoms with Crippen LogP contribution in [-0.4, -0.2) is 47.3 Å². The summed E-state index contributed by atoms with van der Waals surface area (Å²) < 4.78 is 5.30. The number of aromatic nitrogens is 1. The Bertz CT molecular complexity index is 1270. The number of aldehydes is 1. The van der Waals surface area contributed by atoms with Crippen LogP contribution in [0.15, 0.2) is 60.8 Å². The molecule has 0 aliphatic carbocycles. The number of aromatic amines is 1. The van der Waals surface area contributed by atoms with E-state index in [-0.39, 0.29) is 18.4 Å². The van der Waals surface area contributed by atoms with Crippen LogP contribution in [0, 0.1) is 11.8 Å². The van der Waals surface area contributed by atoms with Crippen LogP contribution in [0.25, 0.3) is 10.9 Å². The van der Waals surface area contributed by atoms with Gasteiger partial charge in [0, 0.05) is 23.5 Å². The predicted molar refractivity (Wildman–Crippen MR) is 154 cm³/mol.